The summed E-state index contributed by atoms with van der Waals surface area (Å²) >= 11 is 0. The van der Waals surface area contributed by atoms with Crippen molar-refractivity contribution < 1.29 is 8.42 Å². The van der Waals surface area contributed by atoms with Gasteiger partial charge in [-0.2, -0.15) is 0 Å². The van der Waals surface area contributed by atoms with Crippen LogP contribution in [0, 0.1) is 0 Å². The van der Waals surface area contributed by atoms with Crippen molar-refractivity contribution in [1.29, 1.82) is 0 Å². The molecule has 1 aromatic heterocycles. The highest BCUT2D eigenvalue weighted by Crippen LogP contribution is 2.44. The normalized spacial score (nSPS) is 12.4. The van der Waals surface area contributed by atoms with E-state index in [1.165, 1.54) is 26.9 Å². The van der Waals surface area contributed by atoms with E-state index >= 15 is 0 Å². The fourth-order valence-corrected chi connectivity index (χ4v) is 7.45. The molecule has 0 fully saturated rings. The lowest BCUT2D eigenvalue weighted by Crippen LogP contribution is -2.15. The first-order valence-electron chi connectivity index (χ1n) is 12.2. The van der Waals surface area contributed by atoms with Crippen LogP contribution in [0.5, 0.6) is 0 Å². The van der Waals surface area contributed by atoms with Crippen molar-refractivity contribution in [2.75, 3.05) is 0 Å². The van der Waals surface area contributed by atoms with Crippen LogP contribution in [0.2, 0.25) is 0 Å². The molecule has 36 heavy (non-hydrogen) atoms. The van der Waals surface area contributed by atoms with Gasteiger partial charge in [0.2, 0.25) is 0 Å². The van der Waals surface area contributed by atoms with Gasteiger partial charge in [0.05, 0.1) is 10.4 Å². The minimum atomic E-state index is -3.78. The molecule has 0 spiro atoms. The quantitative estimate of drug-likeness (QED) is 0.237. The van der Waals surface area contributed by atoms with Gasteiger partial charge in [-0.1, -0.05) is 97.9 Å². The van der Waals surface area contributed by atoms with Crippen LogP contribution in [0.4, 0.5) is 0 Å². The van der Waals surface area contributed by atoms with Crippen LogP contribution in [0.3, 0.4) is 0 Å². The molecular weight excluding hydrogens is 462 g/mol. The fourth-order valence-electron chi connectivity index (χ4n) is 5.81. The van der Waals surface area contributed by atoms with E-state index in [1.807, 2.05) is 37.3 Å². The average molecular weight is 486 g/mol. The van der Waals surface area contributed by atoms with E-state index in [4.69, 9.17) is 0 Å². The Labute approximate surface area is 209 Å². The van der Waals surface area contributed by atoms with Crippen molar-refractivity contribution in [3.05, 3.63) is 115 Å². The van der Waals surface area contributed by atoms with Gasteiger partial charge in [-0.15, -0.1) is 0 Å². The Bertz CT molecular complexity index is 2020. The van der Waals surface area contributed by atoms with Gasteiger partial charge in [0.15, 0.2) is 0 Å². The van der Waals surface area contributed by atoms with Crippen LogP contribution in [0.15, 0.2) is 114 Å². The summed E-state index contributed by atoms with van der Waals surface area (Å²) in [6.45, 7) is 2.03. The van der Waals surface area contributed by atoms with E-state index in [1.54, 1.807) is 28.2 Å². The molecule has 7 aromatic rings. The first kappa shape index (κ1) is 21.2. The van der Waals surface area contributed by atoms with Gasteiger partial charge in [0.25, 0.3) is 10.0 Å². The number of rotatable bonds is 4. The van der Waals surface area contributed by atoms with Crippen LogP contribution in [0.1, 0.15) is 12.6 Å². The summed E-state index contributed by atoms with van der Waals surface area (Å²) in [6, 6.07) is 36.0. The molecule has 3 nitrogen and oxygen atoms in total. The predicted octanol–water partition coefficient (Wildman–Crippen LogP) is 8.01. The van der Waals surface area contributed by atoms with Gasteiger partial charge in [0.1, 0.15) is 0 Å². The molecule has 0 atom stereocenters. The smallest absolute Gasteiger partial charge is 0.237 e. The van der Waals surface area contributed by atoms with E-state index in [-0.39, 0.29) is 0 Å². The van der Waals surface area contributed by atoms with Crippen LogP contribution >= 0.6 is 0 Å². The highest BCUT2D eigenvalue weighted by atomic mass is 32.2. The molecule has 0 aliphatic rings. The minimum absolute atomic E-state index is 0.294. The van der Waals surface area contributed by atoms with Crippen LogP contribution in [-0.4, -0.2) is 12.4 Å². The van der Waals surface area contributed by atoms with Crippen LogP contribution in [-0.2, 0) is 16.4 Å². The Morgan fingerprint density at radius 2 is 1.25 bits per heavy atom. The van der Waals surface area contributed by atoms with Gasteiger partial charge < -0.3 is 0 Å². The van der Waals surface area contributed by atoms with E-state index < -0.39 is 10.0 Å². The highest BCUT2D eigenvalue weighted by Gasteiger charge is 2.27. The second-order valence-corrected chi connectivity index (χ2v) is 11.0. The zero-order chi connectivity index (χ0) is 24.4. The van der Waals surface area contributed by atoms with Gasteiger partial charge in [0, 0.05) is 16.6 Å². The number of hydrogen-bond donors (Lipinski definition) is 0. The summed E-state index contributed by atoms with van der Waals surface area (Å²) in [5.74, 6) is 0. The third-order valence-corrected chi connectivity index (χ3v) is 9.11. The van der Waals surface area contributed by atoms with Crippen molar-refractivity contribution in [1.82, 2.24) is 3.97 Å². The molecular formula is C32H23NO2S. The fraction of sp³-hybridized carbons (Fsp3) is 0.0625. The zero-order valence-corrected chi connectivity index (χ0v) is 20.6. The largest absolute Gasteiger partial charge is 0.268 e. The molecule has 7 rings (SSSR count). The lowest BCUT2D eigenvalue weighted by atomic mass is 9.89. The van der Waals surface area contributed by atoms with E-state index in [9.17, 15) is 8.42 Å². The molecule has 0 N–H and O–H groups in total. The third-order valence-electron chi connectivity index (χ3n) is 7.34. The Balaban J connectivity index is 1.63. The van der Waals surface area contributed by atoms with Crippen molar-refractivity contribution in [2.45, 2.75) is 18.2 Å². The van der Waals surface area contributed by atoms with E-state index in [2.05, 4.69) is 54.6 Å². The maximum atomic E-state index is 14.0. The lowest BCUT2D eigenvalue weighted by Gasteiger charge is -2.15. The SMILES string of the molecule is CCc1c(-c2ccc3ccc4cccc5ccc2c3c45)c2ccccc2n1S(=O)(=O)c1ccccc1. The van der Waals surface area contributed by atoms with Crippen molar-refractivity contribution >= 4 is 53.2 Å². The first-order chi connectivity index (χ1) is 17.6. The van der Waals surface area contributed by atoms with Crippen LogP contribution < -0.4 is 0 Å². The minimum Gasteiger partial charge on any atom is -0.237 e. The molecule has 0 saturated carbocycles. The molecule has 0 aliphatic carbocycles. The van der Waals surface area contributed by atoms with Gasteiger partial charge in [-0.25, -0.2) is 12.4 Å². The number of aromatic nitrogens is 1. The van der Waals surface area contributed by atoms with Crippen LogP contribution in [0.25, 0.3) is 54.3 Å². The van der Waals surface area contributed by atoms with Crippen molar-refractivity contribution in [3.8, 4) is 11.1 Å². The second-order valence-electron chi connectivity index (χ2n) is 9.24. The zero-order valence-electron chi connectivity index (χ0n) is 19.8. The second kappa shape index (κ2) is 7.67. The molecule has 1 heterocycles. The molecule has 0 amide bonds. The molecule has 0 radical (unpaired) electrons. The summed E-state index contributed by atoms with van der Waals surface area (Å²) in [5.41, 5.74) is 3.57. The summed E-state index contributed by atoms with van der Waals surface area (Å²) < 4.78 is 29.5. The Morgan fingerprint density at radius 1 is 0.611 bits per heavy atom. The molecule has 6 aromatic carbocycles. The summed E-state index contributed by atoms with van der Waals surface area (Å²) in [7, 11) is -3.78. The molecule has 4 heteroatoms. The monoisotopic (exact) mass is 485 g/mol. The van der Waals surface area contributed by atoms with Gasteiger partial charge >= 0.3 is 0 Å². The standard InChI is InChI=1S/C32H23NO2S/c1-2-28-32(27-13-6-7-14-29(27)33(28)36(34,35)24-11-4-3-5-12-24)26-20-18-23-16-15-21-9-8-10-22-17-19-25(26)31(23)30(21)22/h3-20H,2H2,1H3. The number of para-hydroxylation sites is 1. The maximum absolute atomic E-state index is 14.0. The molecule has 0 unspecified atom stereocenters. The number of fused-ring (bicyclic) bond motifs is 1. The summed E-state index contributed by atoms with van der Waals surface area (Å²) in [4.78, 5) is 0.294. The first-order valence-corrected chi connectivity index (χ1v) is 13.6. The third kappa shape index (κ3) is 2.82. The number of nitrogens with zero attached hydrogens (tertiary/aromatic N) is 1. The maximum Gasteiger partial charge on any atom is 0.268 e. The Hall–Kier alpha value is -4.15. The van der Waals surface area contributed by atoms with E-state index in [0.717, 1.165) is 27.6 Å². The average Bonchev–Trinajstić information content (AvgIpc) is 3.27. The molecule has 0 bridgehead atoms. The molecule has 0 aliphatic heterocycles. The van der Waals surface area contributed by atoms with Crippen molar-refractivity contribution in [3.63, 3.8) is 0 Å². The topological polar surface area (TPSA) is 39.1 Å². The Morgan fingerprint density at radius 3 is 2.00 bits per heavy atom. The molecule has 0 saturated heterocycles. The summed E-state index contributed by atoms with van der Waals surface area (Å²) in [5, 5.41) is 8.20. The van der Waals surface area contributed by atoms with Crippen molar-refractivity contribution in [2.24, 2.45) is 0 Å². The lowest BCUT2D eigenvalue weighted by molar-refractivity contribution is 0.587. The summed E-state index contributed by atoms with van der Waals surface area (Å²) in [6.07, 6.45) is 0.581. The predicted molar refractivity (Wildman–Crippen MR) is 149 cm³/mol. The highest BCUT2D eigenvalue weighted by molar-refractivity contribution is 7.90. The van der Waals surface area contributed by atoms with Gasteiger partial charge in [-0.3, -0.25) is 0 Å². The number of benzene rings is 6. The number of hydrogen-bond acceptors (Lipinski definition) is 2. The Kier molecular flexibility index (Phi) is 4.51. The van der Waals surface area contributed by atoms with E-state index in [0.29, 0.717) is 16.8 Å². The molecule has 174 valence electrons. The van der Waals surface area contributed by atoms with Gasteiger partial charge in [-0.05, 0) is 62.5 Å².